The minimum atomic E-state index is -0.669. The maximum atomic E-state index is 12.2. The van der Waals surface area contributed by atoms with Crippen LogP contribution in [-0.4, -0.2) is 27.8 Å². The molecule has 10 nitrogen and oxygen atoms in total. The summed E-state index contributed by atoms with van der Waals surface area (Å²) in [7, 11) is 0. The van der Waals surface area contributed by atoms with Gasteiger partial charge >= 0.3 is 0 Å². The standard InChI is InChI=1S/C20H21N5O5S/c1-12(2)10-17(26)21-15-8-6-13(7-9-15)19(28)23-24-20(31)22-18(27)14-4-3-5-16(11-14)25(29)30/h3-9,11-12H,10H2,1-2H3,(H,21,26)(H,23,28)(H2,22,24,27,31). The molecule has 0 aliphatic heterocycles. The molecule has 0 atom stereocenters. The maximum absolute atomic E-state index is 12.2. The van der Waals surface area contributed by atoms with Gasteiger partial charge in [-0.1, -0.05) is 19.9 Å². The lowest BCUT2D eigenvalue weighted by Gasteiger charge is -2.11. The van der Waals surface area contributed by atoms with E-state index in [0.717, 1.165) is 6.07 Å². The third-order valence-corrected chi connectivity index (χ3v) is 4.06. The number of amides is 3. The topological polar surface area (TPSA) is 142 Å². The Labute approximate surface area is 183 Å². The number of rotatable bonds is 6. The van der Waals surface area contributed by atoms with E-state index in [1.54, 1.807) is 12.1 Å². The van der Waals surface area contributed by atoms with Crippen molar-refractivity contribution in [2.75, 3.05) is 5.32 Å². The summed E-state index contributed by atoms with van der Waals surface area (Å²) in [5, 5.41) is 15.7. The predicted molar refractivity (Wildman–Crippen MR) is 118 cm³/mol. The molecule has 2 aromatic carbocycles. The lowest BCUT2D eigenvalue weighted by atomic mass is 10.1. The van der Waals surface area contributed by atoms with E-state index >= 15 is 0 Å². The van der Waals surface area contributed by atoms with Crippen molar-refractivity contribution in [3.8, 4) is 0 Å². The van der Waals surface area contributed by atoms with Crippen LogP contribution in [0.1, 0.15) is 41.0 Å². The average Bonchev–Trinajstić information content (AvgIpc) is 2.72. The van der Waals surface area contributed by atoms with E-state index in [0.29, 0.717) is 17.7 Å². The van der Waals surface area contributed by atoms with E-state index in [2.05, 4.69) is 21.5 Å². The number of thiocarbonyl (C=S) groups is 1. The van der Waals surface area contributed by atoms with Gasteiger partial charge in [0.1, 0.15) is 0 Å². The molecule has 0 saturated carbocycles. The number of carbonyl (C=O) groups excluding carboxylic acids is 3. The highest BCUT2D eigenvalue weighted by Gasteiger charge is 2.13. The Kier molecular flexibility index (Phi) is 8.15. The second kappa shape index (κ2) is 10.8. The molecule has 2 aromatic rings. The Hall–Kier alpha value is -3.86. The van der Waals surface area contributed by atoms with Gasteiger partial charge < -0.3 is 5.32 Å². The van der Waals surface area contributed by atoms with Crippen LogP contribution < -0.4 is 21.5 Å². The number of non-ortho nitro benzene ring substituents is 1. The molecule has 0 radical (unpaired) electrons. The molecule has 0 heterocycles. The fourth-order valence-corrected chi connectivity index (χ4v) is 2.58. The molecule has 3 amide bonds. The SMILES string of the molecule is CC(C)CC(=O)Nc1ccc(C(=O)NNC(=S)NC(=O)c2cccc([N+](=O)[O-])c2)cc1. The van der Waals surface area contributed by atoms with Crippen molar-refractivity contribution in [3.63, 3.8) is 0 Å². The van der Waals surface area contributed by atoms with Gasteiger partial charge in [-0.3, -0.25) is 40.7 Å². The fraction of sp³-hybridized carbons (Fsp3) is 0.200. The molecule has 2 rings (SSSR count). The molecule has 162 valence electrons. The summed E-state index contributed by atoms with van der Waals surface area (Å²) in [6.45, 7) is 3.88. The van der Waals surface area contributed by atoms with Crippen LogP contribution in [0.4, 0.5) is 11.4 Å². The van der Waals surface area contributed by atoms with Crippen LogP contribution in [0.3, 0.4) is 0 Å². The quantitative estimate of drug-likeness (QED) is 0.305. The molecular weight excluding hydrogens is 422 g/mol. The van der Waals surface area contributed by atoms with Crippen molar-refractivity contribution in [2.45, 2.75) is 20.3 Å². The van der Waals surface area contributed by atoms with E-state index in [1.807, 2.05) is 13.8 Å². The molecule has 4 N–H and O–H groups in total. The number of hydrogen-bond acceptors (Lipinski definition) is 6. The van der Waals surface area contributed by atoms with E-state index < -0.39 is 16.7 Å². The molecule has 0 fully saturated rings. The van der Waals surface area contributed by atoms with Crippen LogP contribution in [0.25, 0.3) is 0 Å². The monoisotopic (exact) mass is 443 g/mol. The Morgan fingerprint density at radius 3 is 2.29 bits per heavy atom. The number of hydrogen-bond donors (Lipinski definition) is 4. The Morgan fingerprint density at radius 2 is 1.68 bits per heavy atom. The molecular formula is C20H21N5O5S. The molecule has 0 saturated heterocycles. The zero-order valence-corrected chi connectivity index (χ0v) is 17.6. The number of benzene rings is 2. The van der Waals surface area contributed by atoms with Crippen molar-refractivity contribution in [1.29, 1.82) is 0 Å². The van der Waals surface area contributed by atoms with Gasteiger partial charge in [0, 0.05) is 35.4 Å². The van der Waals surface area contributed by atoms with Gasteiger partial charge in [0.2, 0.25) is 5.91 Å². The highest BCUT2D eigenvalue weighted by molar-refractivity contribution is 7.80. The second-order valence-electron chi connectivity index (χ2n) is 6.89. The highest BCUT2D eigenvalue weighted by atomic mass is 32.1. The largest absolute Gasteiger partial charge is 0.326 e. The molecule has 0 aromatic heterocycles. The smallest absolute Gasteiger partial charge is 0.270 e. The summed E-state index contributed by atoms with van der Waals surface area (Å²) in [6.07, 6.45) is 0.394. The summed E-state index contributed by atoms with van der Waals surface area (Å²) in [4.78, 5) is 46.3. The molecule has 0 unspecified atom stereocenters. The van der Waals surface area contributed by atoms with Crippen molar-refractivity contribution >= 4 is 46.4 Å². The molecule has 0 spiro atoms. The summed E-state index contributed by atoms with van der Waals surface area (Å²) in [6, 6.07) is 11.4. The predicted octanol–water partition coefficient (Wildman–Crippen LogP) is 2.53. The zero-order chi connectivity index (χ0) is 23.0. The van der Waals surface area contributed by atoms with E-state index in [9.17, 15) is 24.5 Å². The van der Waals surface area contributed by atoms with Crippen LogP contribution in [0.5, 0.6) is 0 Å². The number of nitro groups is 1. The summed E-state index contributed by atoms with van der Waals surface area (Å²) in [5.74, 6) is -1.07. The van der Waals surface area contributed by atoms with Gasteiger partial charge in [-0.2, -0.15) is 0 Å². The number of anilines is 1. The van der Waals surface area contributed by atoms with Crippen molar-refractivity contribution < 1.29 is 19.3 Å². The van der Waals surface area contributed by atoms with Gasteiger partial charge in [-0.25, -0.2) is 0 Å². The summed E-state index contributed by atoms with van der Waals surface area (Å²) < 4.78 is 0. The molecule has 0 aliphatic carbocycles. The third-order valence-electron chi connectivity index (χ3n) is 3.86. The van der Waals surface area contributed by atoms with E-state index in [1.165, 1.54) is 30.3 Å². The number of nitrogens with zero attached hydrogens (tertiary/aromatic N) is 1. The Morgan fingerprint density at radius 1 is 1.00 bits per heavy atom. The van der Waals surface area contributed by atoms with Crippen LogP contribution >= 0.6 is 12.2 Å². The van der Waals surface area contributed by atoms with Crippen molar-refractivity contribution in [2.24, 2.45) is 5.92 Å². The van der Waals surface area contributed by atoms with Crippen LogP contribution in [0.2, 0.25) is 0 Å². The normalized spacial score (nSPS) is 10.2. The van der Waals surface area contributed by atoms with Crippen LogP contribution in [-0.2, 0) is 4.79 Å². The third kappa shape index (κ3) is 7.48. The van der Waals surface area contributed by atoms with Crippen molar-refractivity contribution in [1.82, 2.24) is 16.2 Å². The first kappa shape index (κ1) is 23.4. The lowest BCUT2D eigenvalue weighted by molar-refractivity contribution is -0.384. The van der Waals surface area contributed by atoms with Crippen molar-refractivity contribution in [3.05, 3.63) is 69.8 Å². The van der Waals surface area contributed by atoms with E-state index in [-0.39, 0.29) is 28.2 Å². The first-order chi connectivity index (χ1) is 14.7. The summed E-state index contributed by atoms with van der Waals surface area (Å²) >= 11 is 4.95. The fourth-order valence-electron chi connectivity index (χ4n) is 2.44. The van der Waals surface area contributed by atoms with Crippen LogP contribution in [0, 0.1) is 16.0 Å². The molecule has 11 heteroatoms. The first-order valence-electron chi connectivity index (χ1n) is 9.21. The minimum absolute atomic E-state index is 0.0415. The van der Waals surface area contributed by atoms with Gasteiger partial charge in [-0.05, 0) is 48.5 Å². The Bertz CT molecular complexity index is 1010. The molecule has 31 heavy (non-hydrogen) atoms. The van der Waals surface area contributed by atoms with Gasteiger partial charge in [-0.15, -0.1) is 0 Å². The first-order valence-corrected chi connectivity index (χ1v) is 9.62. The minimum Gasteiger partial charge on any atom is -0.326 e. The zero-order valence-electron chi connectivity index (χ0n) is 16.8. The lowest BCUT2D eigenvalue weighted by Crippen LogP contribution is -2.48. The molecule has 0 bridgehead atoms. The number of nitro benzene ring substituents is 1. The van der Waals surface area contributed by atoms with Gasteiger partial charge in [0.05, 0.1) is 4.92 Å². The second-order valence-corrected chi connectivity index (χ2v) is 7.30. The van der Waals surface area contributed by atoms with E-state index in [4.69, 9.17) is 12.2 Å². The number of carbonyl (C=O) groups is 3. The van der Waals surface area contributed by atoms with Crippen LogP contribution in [0.15, 0.2) is 48.5 Å². The Balaban J connectivity index is 1.85. The van der Waals surface area contributed by atoms with Gasteiger partial charge in [0.15, 0.2) is 5.11 Å². The molecule has 0 aliphatic rings. The maximum Gasteiger partial charge on any atom is 0.270 e. The highest BCUT2D eigenvalue weighted by Crippen LogP contribution is 2.13. The summed E-state index contributed by atoms with van der Waals surface area (Å²) in [5.41, 5.74) is 5.38. The number of nitrogens with one attached hydrogen (secondary N) is 4. The van der Waals surface area contributed by atoms with Gasteiger partial charge in [0.25, 0.3) is 17.5 Å². The number of hydrazine groups is 1. The average molecular weight is 443 g/mol.